The van der Waals surface area contributed by atoms with Crippen molar-refractivity contribution in [3.63, 3.8) is 0 Å². The maximum atomic E-state index is 13.1. The van der Waals surface area contributed by atoms with E-state index < -0.39 is 0 Å². The highest BCUT2D eigenvalue weighted by atomic mass is 32.1. The van der Waals surface area contributed by atoms with Gasteiger partial charge in [0.2, 0.25) is 0 Å². The summed E-state index contributed by atoms with van der Waals surface area (Å²) >= 11 is 1.62. The fraction of sp³-hybridized carbons (Fsp3) is 0.300. The molecule has 1 fully saturated rings. The van der Waals surface area contributed by atoms with E-state index in [1.165, 1.54) is 25.6 Å². The van der Waals surface area contributed by atoms with Crippen LogP contribution in [0.4, 0.5) is 23.0 Å². The van der Waals surface area contributed by atoms with Gasteiger partial charge < -0.3 is 16.0 Å². The quantitative estimate of drug-likeness (QED) is 0.212. The van der Waals surface area contributed by atoms with E-state index in [1.807, 2.05) is 68.0 Å². The molecule has 0 spiro atoms. The Bertz CT molecular complexity index is 1700. The second-order valence-corrected chi connectivity index (χ2v) is 11.5. The van der Waals surface area contributed by atoms with Crippen molar-refractivity contribution in [1.29, 1.82) is 0 Å². The summed E-state index contributed by atoms with van der Waals surface area (Å²) in [5.74, 6) is 1.97. The third-order valence-electron chi connectivity index (χ3n) is 7.23. The standard InChI is InChI=1S/C30H33N9OS/c1-19-7-9-22(35-30(40)21-8-10-26-25(13-21)34-20(2)41-26)14-24(19)36-29-15-23(17-38-11-5-4-6-12-38)37-39(29)28-16-27(31-3)32-18-33-28/h7-10,13-16,18,36H,4-6,11-12,17H2,1-3H3,(H,35,40)(H,31,32,33). The number of amides is 1. The van der Waals surface area contributed by atoms with E-state index >= 15 is 0 Å². The molecule has 3 aromatic heterocycles. The third kappa shape index (κ3) is 6.06. The number of hydrogen-bond acceptors (Lipinski definition) is 9. The van der Waals surface area contributed by atoms with Crippen LogP contribution in [0, 0.1) is 13.8 Å². The van der Waals surface area contributed by atoms with Crippen LogP contribution in [0.5, 0.6) is 0 Å². The first-order valence-electron chi connectivity index (χ1n) is 13.8. The Kier molecular flexibility index (Phi) is 7.62. The number of likely N-dealkylation sites (tertiary alicyclic amines) is 1. The van der Waals surface area contributed by atoms with E-state index in [2.05, 4.69) is 41.9 Å². The van der Waals surface area contributed by atoms with E-state index in [0.29, 0.717) is 22.9 Å². The molecule has 41 heavy (non-hydrogen) atoms. The number of carbonyl (C=O) groups excluding carboxylic acids is 1. The molecule has 0 unspecified atom stereocenters. The predicted molar refractivity (Wildman–Crippen MR) is 165 cm³/mol. The highest BCUT2D eigenvalue weighted by Gasteiger charge is 2.17. The third-order valence-corrected chi connectivity index (χ3v) is 8.19. The summed E-state index contributed by atoms with van der Waals surface area (Å²) in [6, 6.07) is 15.4. The largest absolute Gasteiger partial charge is 0.373 e. The van der Waals surface area contributed by atoms with Gasteiger partial charge in [0.25, 0.3) is 5.91 Å². The lowest BCUT2D eigenvalue weighted by Gasteiger charge is -2.25. The van der Waals surface area contributed by atoms with E-state index in [-0.39, 0.29) is 5.91 Å². The molecule has 1 saturated heterocycles. The zero-order valence-corrected chi connectivity index (χ0v) is 24.3. The number of hydrogen-bond donors (Lipinski definition) is 3. The average Bonchev–Trinajstić information content (AvgIpc) is 3.56. The van der Waals surface area contributed by atoms with Gasteiger partial charge in [-0.25, -0.2) is 15.0 Å². The molecular weight excluding hydrogens is 534 g/mol. The van der Waals surface area contributed by atoms with Crippen LogP contribution in [-0.2, 0) is 6.54 Å². The Hall–Kier alpha value is -4.35. The van der Waals surface area contributed by atoms with Gasteiger partial charge in [0.15, 0.2) is 5.82 Å². The van der Waals surface area contributed by atoms with Gasteiger partial charge in [0.1, 0.15) is 18.0 Å². The second kappa shape index (κ2) is 11.6. The predicted octanol–water partition coefficient (Wildman–Crippen LogP) is 5.91. The van der Waals surface area contributed by atoms with Crippen LogP contribution in [-0.4, -0.2) is 55.7 Å². The average molecular weight is 568 g/mol. The Morgan fingerprint density at radius 2 is 1.85 bits per heavy atom. The van der Waals surface area contributed by atoms with Gasteiger partial charge in [0.05, 0.1) is 20.9 Å². The lowest BCUT2D eigenvalue weighted by molar-refractivity contribution is 0.102. The Morgan fingerprint density at radius 3 is 2.68 bits per heavy atom. The zero-order valence-electron chi connectivity index (χ0n) is 23.4. The molecular formula is C30H33N9OS. The number of rotatable bonds is 8. The summed E-state index contributed by atoms with van der Waals surface area (Å²) in [5.41, 5.74) is 4.97. The van der Waals surface area contributed by atoms with E-state index in [1.54, 1.807) is 11.3 Å². The fourth-order valence-corrected chi connectivity index (χ4v) is 5.88. The number of carbonyl (C=O) groups is 1. The van der Waals surface area contributed by atoms with Gasteiger partial charge in [-0.3, -0.25) is 9.69 Å². The minimum Gasteiger partial charge on any atom is -0.373 e. The number of nitrogens with zero attached hydrogens (tertiary/aromatic N) is 6. The van der Waals surface area contributed by atoms with E-state index in [4.69, 9.17) is 5.10 Å². The zero-order chi connectivity index (χ0) is 28.3. The van der Waals surface area contributed by atoms with Crippen molar-refractivity contribution < 1.29 is 4.79 Å². The molecule has 210 valence electrons. The maximum absolute atomic E-state index is 13.1. The minimum absolute atomic E-state index is 0.179. The number of anilines is 4. The Labute approximate surface area is 242 Å². The molecule has 0 saturated carbocycles. The molecule has 1 aliphatic heterocycles. The van der Waals surface area contributed by atoms with E-state index in [9.17, 15) is 4.79 Å². The van der Waals surface area contributed by atoms with Crippen LogP contribution < -0.4 is 16.0 Å². The highest BCUT2D eigenvalue weighted by Crippen LogP contribution is 2.28. The summed E-state index contributed by atoms with van der Waals surface area (Å²) in [7, 11) is 1.83. The van der Waals surface area contributed by atoms with Crippen LogP contribution in [0.2, 0.25) is 0 Å². The monoisotopic (exact) mass is 567 g/mol. The number of piperidine rings is 1. The normalized spacial score (nSPS) is 13.8. The molecule has 3 N–H and O–H groups in total. The summed E-state index contributed by atoms with van der Waals surface area (Å²) in [6.07, 6.45) is 5.26. The van der Waals surface area contributed by atoms with Crippen molar-refractivity contribution in [2.24, 2.45) is 0 Å². The van der Waals surface area contributed by atoms with Crippen molar-refractivity contribution in [2.45, 2.75) is 39.7 Å². The molecule has 11 heteroatoms. The Morgan fingerprint density at radius 1 is 1.00 bits per heavy atom. The van der Waals surface area contributed by atoms with Crippen molar-refractivity contribution >= 4 is 50.5 Å². The number of aromatic nitrogens is 5. The van der Waals surface area contributed by atoms with Crippen molar-refractivity contribution in [2.75, 3.05) is 36.1 Å². The number of aryl methyl sites for hydroxylation is 2. The molecule has 0 aliphatic carbocycles. The molecule has 4 heterocycles. The van der Waals surface area contributed by atoms with Gasteiger partial charge in [-0.1, -0.05) is 12.5 Å². The fourth-order valence-electron chi connectivity index (χ4n) is 5.08. The topological polar surface area (TPSA) is 113 Å². The van der Waals surface area contributed by atoms with Gasteiger partial charge in [-0.2, -0.15) is 9.78 Å². The van der Waals surface area contributed by atoms with Crippen LogP contribution in [0.15, 0.2) is 54.9 Å². The number of fused-ring (bicyclic) bond motifs is 1. The number of nitrogens with one attached hydrogen (secondary N) is 3. The lowest BCUT2D eigenvalue weighted by atomic mass is 10.1. The molecule has 0 bridgehead atoms. The molecule has 1 amide bonds. The molecule has 10 nitrogen and oxygen atoms in total. The van der Waals surface area contributed by atoms with E-state index in [0.717, 1.165) is 57.6 Å². The van der Waals surface area contributed by atoms with Crippen LogP contribution in [0.3, 0.4) is 0 Å². The summed E-state index contributed by atoms with van der Waals surface area (Å²) in [6.45, 7) is 6.96. The van der Waals surface area contributed by atoms with Gasteiger partial charge in [-0.15, -0.1) is 11.3 Å². The number of thiazole rings is 1. The van der Waals surface area contributed by atoms with Crippen LogP contribution in [0.1, 0.15) is 45.9 Å². The summed E-state index contributed by atoms with van der Waals surface area (Å²) in [5, 5.41) is 15.6. The van der Waals surface area contributed by atoms with Gasteiger partial charge in [-0.05, 0) is 75.7 Å². The van der Waals surface area contributed by atoms with Crippen molar-refractivity contribution in [3.8, 4) is 5.82 Å². The van der Waals surface area contributed by atoms with Crippen molar-refractivity contribution in [3.05, 3.63) is 76.7 Å². The van der Waals surface area contributed by atoms with Crippen LogP contribution >= 0.6 is 11.3 Å². The van der Waals surface area contributed by atoms with Gasteiger partial charge >= 0.3 is 0 Å². The molecule has 1 aliphatic rings. The molecule has 2 aromatic carbocycles. The smallest absolute Gasteiger partial charge is 0.255 e. The first-order chi connectivity index (χ1) is 19.9. The first kappa shape index (κ1) is 26.9. The molecule has 0 atom stereocenters. The first-order valence-corrected chi connectivity index (χ1v) is 14.6. The summed E-state index contributed by atoms with van der Waals surface area (Å²) < 4.78 is 2.89. The van der Waals surface area contributed by atoms with Crippen molar-refractivity contribution in [1.82, 2.24) is 29.6 Å². The minimum atomic E-state index is -0.179. The SMILES string of the molecule is CNc1cc(-n2nc(CN3CCCCC3)cc2Nc2cc(NC(=O)c3ccc4sc(C)nc4c3)ccc2C)ncn1. The summed E-state index contributed by atoms with van der Waals surface area (Å²) in [4.78, 5) is 28.8. The van der Waals surface area contributed by atoms with Gasteiger partial charge in [0, 0.05) is 42.7 Å². The molecule has 5 aromatic rings. The lowest BCUT2D eigenvalue weighted by Crippen LogP contribution is -2.29. The van der Waals surface area contributed by atoms with Crippen LogP contribution in [0.25, 0.3) is 16.0 Å². The Balaban J connectivity index is 1.27. The highest BCUT2D eigenvalue weighted by molar-refractivity contribution is 7.18. The molecule has 0 radical (unpaired) electrons. The maximum Gasteiger partial charge on any atom is 0.255 e. The molecule has 6 rings (SSSR count). The second-order valence-electron chi connectivity index (χ2n) is 10.3. The number of benzene rings is 2.